The number of carbonyl (C=O) groups excluding carboxylic acids is 1. The van der Waals surface area contributed by atoms with Crippen LogP contribution >= 0.6 is 11.6 Å². The average Bonchev–Trinajstić information content (AvgIpc) is 2.67. The number of anilines is 1. The van der Waals surface area contributed by atoms with Gasteiger partial charge in [-0.05, 0) is 30.5 Å². The number of nitrogens with zero attached hydrogens (tertiary/aromatic N) is 3. The van der Waals surface area contributed by atoms with Crippen LogP contribution in [0.2, 0.25) is 5.02 Å². The average molecular weight is 445 g/mol. The largest absolute Gasteiger partial charge is 0.501 e. The molecule has 0 bridgehead atoms. The molecule has 2 aromatic rings. The summed E-state index contributed by atoms with van der Waals surface area (Å²) in [6.07, 6.45) is 1.06. The highest BCUT2D eigenvalue weighted by Gasteiger charge is 2.31. The molecule has 1 aromatic heterocycles. The zero-order chi connectivity index (χ0) is 21.3. The number of rotatable bonds is 4. The highest BCUT2D eigenvalue weighted by molar-refractivity contribution is 7.92. The monoisotopic (exact) mass is 444 g/mol. The van der Waals surface area contributed by atoms with Crippen molar-refractivity contribution in [2.24, 2.45) is 7.05 Å². The van der Waals surface area contributed by atoms with Gasteiger partial charge in [0.25, 0.3) is 11.5 Å². The molecule has 1 saturated heterocycles. The molecular weight excluding hydrogens is 427 g/mol. The van der Waals surface area contributed by atoms with Gasteiger partial charge in [0, 0.05) is 20.1 Å². The molecular formula is C17H18ClFN4O5S. The van der Waals surface area contributed by atoms with Crippen molar-refractivity contribution in [2.45, 2.75) is 19.4 Å². The smallest absolute Gasteiger partial charge is 0.297 e. The third-order valence-electron chi connectivity index (χ3n) is 4.47. The third kappa shape index (κ3) is 4.20. The van der Waals surface area contributed by atoms with E-state index < -0.39 is 38.8 Å². The SMILES string of the molecule is Cn1c(N2CCCCS2(=O)=O)nc(C(=O)NCc2ccc(F)c(Cl)c2)c(O)c1=O. The zero-order valence-corrected chi connectivity index (χ0v) is 16.9. The number of hydrogen-bond acceptors (Lipinski definition) is 6. The van der Waals surface area contributed by atoms with Crippen LogP contribution in [0.3, 0.4) is 0 Å². The van der Waals surface area contributed by atoms with Gasteiger partial charge in [0.1, 0.15) is 5.82 Å². The van der Waals surface area contributed by atoms with E-state index in [-0.39, 0.29) is 29.8 Å². The van der Waals surface area contributed by atoms with Gasteiger partial charge in [-0.1, -0.05) is 17.7 Å². The summed E-state index contributed by atoms with van der Waals surface area (Å²) in [4.78, 5) is 28.8. The van der Waals surface area contributed by atoms with Crippen molar-refractivity contribution in [3.63, 3.8) is 0 Å². The molecule has 1 aromatic carbocycles. The minimum absolute atomic E-state index is 0.0769. The fourth-order valence-corrected chi connectivity index (χ4v) is 4.70. The molecule has 0 spiro atoms. The Balaban J connectivity index is 1.92. The molecule has 1 amide bonds. The Labute approximate surface area is 170 Å². The number of aromatic nitrogens is 2. The molecule has 29 heavy (non-hydrogen) atoms. The molecule has 156 valence electrons. The van der Waals surface area contributed by atoms with Crippen LogP contribution in [0.1, 0.15) is 28.9 Å². The zero-order valence-electron chi connectivity index (χ0n) is 15.4. The molecule has 12 heteroatoms. The van der Waals surface area contributed by atoms with Gasteiger partial charge < -0.3 is 10.4 Å². The summed E-state index contributed by atoms with van der Waals surface area (Å²) in [5.41, 5.74) is -1.07. The first-order chi connectivity index (χ1) is 13.6. The van der Waals surface area contributed by atoms with Gasteiger partial charge in [-0.15, -0.1) is 0 Å². The van der Waals surface area contributed by atoms with Crippen molar-refractivity contribution in [3.05, 3.63) is 50.7 Å². The number of nitrogens with one attached hydrogen (secondary N) is 1. The number of benzene rings is 1. The highest BCUT2D eigenvalue weighted by Crippen LogP contribution is 2.23. The Hall–Kier alpha value is -2.66. The second-order valence-electron chi connectivity index (χ2n) is 6.50. The van der Waals surface area contributed by atoms with Crippen LogP contribution < -0.4 is 15.2 Å². The summed E-state index contributed by atoms with van der Waals surface area (Å²) >= 11 is 5.70. The minimum atomic E-state index is -3.69. The van der Waals surface area contributed by atoms with E-state index in [1.807, 2.05) is 0 Å². The van der Waals surface area contributed by atoms with Crippen LogP contribution in [0.25, 0.3) is 0 Å². The fraction of sp³-hybridized carbons (Fsp3) is 0.353. The Morgan fingerprint density at radius 2 is 2.10 bits per heavy atom. The molecule has 0 saturated carbocycles. The van der Waals surface area contributed by atoms with Crippen molar-refractivity contribution in [1.82, 2.24) is 14.9 Å². The van der Waals surface area contributed by atoms with E-state index in [4.69, 9.17) is 11.6 Å². The highest BCUT2D eigenvalue weighted by atomic mass is 35.5. The number of hydrogen-bond donors (Lipinski definition) is 2. The predicted octanol–water partition coefficient (Wildman–Crippen LogP) is 1.14. The molecule has 0 unspecified atom stereocenters. The Morgan fingerprint density at radius 3 is 2.76 bits per heavy atom. The Bertz CT molecular complexity index is 1140. The van der Waals surface area contributed by atoms with E-state index in [9.17, 15) is 27.5 Å². The fourth-order valence-electron chi connectivity index (χ4n) is 2.89. The van der Waals surface area contributed by atoms with E-state index in [2.05, 4.69) is 10.3 Å². The van der Waals surface area contributed by atoms with Crippen molar-refractivity contribution in [1.29, 1.82) is 0 Å². The topological polar surface area (TPSA) is 122 Å². The van der Waals surface area contributed by atoms with Crippen molar-refractivity contribution in [2.75, 3.05) is 16.6 Å². The van der Waals surface area contributed by atoms with Gasteiger partial charge in [-0.2, -0.15) is 0 Å². The van der Waals surface area contributed by atoms with Crippen molar-refractivity contribution >= 4 is 33.5 Å². The van der Waals surface area contributed by atoms with Crippen LogP contribution in [0.15, 0.2) is 23.0 Å². The molecule has 0 radical (unpaired) electrons. The summed E-state index contributed by atoms with van der Waals surface area (Å²) < 4.78 is 39.8. The second-order valence-corrected chi connectivity index (χ2v) is 8.92. The van der Waals surface area contributed by atoms with E-state index in [0.717, 1.165) is 14.9 Å². The van der Waals surface area contributed by atoms with Gasteiger partial charge in [0.15, 0.2) is 5.69 Å². The molecule has 3 rings (SSSR count). The lowest BCUT2D eigenvalue weighted by molar-refractivity contribution is 0.0942. The molecule has 2 N–H and O–H groups in total. The molecule has 1 aliphatic rings. The Kier molecular flexibility index (Phi) is 5.80. The van der Waals surface area contributed by atoms with Gasteiger partial charge >= 0.3 is 0 Å². The lowest BCUT2D eigenvalue weighted by Gasteiger charge is -2.28. The van der Waals surface area contributed by atoms with Gasteiger partial charge in [-0.25, -0.2) is 22.1 Å². The van der Waals surface area contributed by atoms with E-state index >= 15 is 0 Å². The number of amides is 1. The number of aromatic hydroxyl groups is 1. The molecule has 9 nitrogen and oxygen atoms in total. The maximum Gasteiger partial charge on any atom is 0.297 e. The molecule has 1 aliphatic heterocycles. The number of sulfonamides is 1. The number of carbonyl (C=O) groups is 1. The molecule has 2 heterocycles. The van der Waals surface area contributed by atoms with E-state index in [1.165, 1.54) is 19.2 Å². The third-order valence-corrected chi connectivity index (χ3v) is 6.58. The second kappa shape index (κ2) is 7.99. The van der Waals surface area contributed by atoms with Gasteiger partial charge in [-0.3, -0.25) is 14.2 Å². The lowest BCUT2D eigenvalue weighted by atomic mass is 10.2. The van der Waals surface area contributed by atoms with Crippen LogP contribution in [-0.2, 0) is 23.6 Å². The maximum absolute atomic E-state index is 13.2. The lowest BCUT2D eigenvalue weighted by Crippen LogP contribution is -2.42. The minimum Gasteiger partial charge on any atom is -0.501 e. The van der Waals surface area contributed by atoms with Crippen molar-refractivity contribution < 1.29 is 22.7 Å². The molecule has 0 atom stereocenters. The summed E-state index contributed by atoms with van der Waals surface area (Å²) in [6.45, 7) is 0.0367. The quantitative estimate of drug-likeness (QED) is 0.729. The maximum atomic E-state index is 13.2. The Morgan fingerprint density at radius 1 is 1.38 bits per heavy atom. The summed E-state index contributed by atoms with van der Waals surface area (Å²) in [5, 5.41) is 12.4. The van der Waals surface area contributed by atoms with E-state index in [0.29, 0.717) is 18.4 Å². The van der Waals surface area contributed by atoms with Crippen LogP contribution in [0.5, 0.6) is 5.75 Å². The number of halogens is 2. The first-order valence-electron chi connectivity index (χ1n) is 8.64. The van der Waals surface area contributed by atoms with Crippen molar-refractivity contribution in [3.8, 4) is 5.75 Å². The summed E-state index contributed by atoms with van der Waals surface area (Å²) in [7, 11) is -2.43. The predicted molar refractivity (Wildman–Crippen MR) is 104 cm³/mol. The normalized spacial score (nSPS) is 15.9. The first-order valence-corrected chi connectivity index (χ1v) is 10.6. The van der Waals surface area contributed by atoms with Gasteiger partial charge in [0.05, 0.1) is 10.8 Å². The first kappa shape index (κ1) is 21.1. The van der Waals surface area contributed by atoms with Crippen LogP contribution in [-0.4, -0.2) is 41.3 Å². The standard InChI is InChI=1S/C17H18ClFN4O5S/c1-22-16(26)14(24)13(21-17(22)23-6-2-3-7-29(23,27)28)15(25)20-9-10-4-5-12(19)11(18)8-10/h4-5,8,24H,2-3,6-7,9H2,1H3,(H,20,25). The summed E-state index contributed by atoms with van der Waals surface area (Å²) in [5.74, 6) is -2.75. The van der Waals surface area contributed by atoms with Crippen LogP contribution in [0.4, 0.5) is 10.3 Å². The molecule has 1 fully saturated rings. The van der Waals surface area contributed by atoms with E-state index in [1.54, 1.807) is 0 Å². The van der Waals surface area contributed by atoms with Gasteiger partial charge in [0.2, 0.25) is 21.7 Å². The van der Waals surface area contributed by atoms with Crippen LogP contribution in [0, 0.1) is 5.82 Å². The molecule has 0 aliphatic carbocycles. The summed E-state index contributed by atoms with van der Waals surface area (Å²) in [6, 6.07) is 3.86.